The van der Waals surface area contributed by atoms with E-state index in [4.69, 9.17) is 14.6 Å². The fourth-order valence-electron chi connectivity index (χ4n) is 1.77. The van der Waals surface area contributed by atoms with Gasteiger partial charge in [-0.05, 0) is 24.3 Å². The van der Waals surface area contributed by atoms with Gasteiger partial charge in [-0.3, -0.25) is 4.79 Å². The SMILES string of the molecule is COc1cccc(C(=O)Nc2ccc(C(=O)O)s2)c1OC. The van der Waals surface area contributed by atoms with Crippen LogP contribution in [0.25, 0.3) is 0 Å². The van der Waals surface area contributed by atoms with E-state index < -0.39 is 11.9 Å². The molecule has 1 aromatic heterocycles. The zero-order valence-electron chi connectivity index (χ0n) is 11.4. The Balaban J connectivity index is 2.25. The second-order valence-electron chi connectivity index (χ2n) is 3.96. The summed E-state index contributed by atoms with van der Waals surface area (Å²) in [5.74, 6) is -0.654. The third-order valence-corrected chi connectivity index (χ3v) is 3.69. The topological polar surface area (TPSA) is 84.9 Å². The van der Waals surface area contributed by atoms with Gasteiger partial charge in [-0.2, -0.15) is 0 Å². The molecular formula is C14H13NO5S. The highest BCUT2D eigenvalue weighted by Crippen LogP contribution is 2.31. The number of rotatable bonds is 5. The highest BCUT2D eigenvalue weighted by molar-refractivity contribution is 7.18. The smallest absolute Gasteiger partial charge is 0.345 e. The minimum Gasteiger partial charge on any atom is -0.493 e. The lowest BCUT2D eigenvalue weighted by atomic mass is 10.1. The van der Waals surface area contributed by atoms with Gasteiger partial charge < -0.3 is 19.9 Å². The van der Waals surface area contributed by atoms with Crippen molar-refractivity contribution in [3.05, 3.63) is 40.8 Å². The molecule has 21 heavy (non-hydrogen) atoms. The summed E-state index contributed by atoms with van der Waals surface area (Å²) in [5.41, 5.74) is 0.308. The van der Waals surface area contributed by atoms with Crippen molar-refractivity contribution in [3.8, 4) is 11.5 Å². The van der Waals surface area contributed by atoms with Crippen LogP contribution in [0, 0.1) is 0 Å². The number of aromatic carboxylic acids is 1. The maximum atomic E-state index is 12.3. The molecule has 6 nitrogen and oxygen atoms in total. The molecule has 2 rings (SSSR count). The Morgan fingerprint density at radius 3 is 2.48 bits per heavy atom. The lowest BCUT2D eigenvalue weighted by Gasteiger charge is -2.11. The number of methoxy groups -OCH3 is 2. The van der Waals surface area contributed by atoms with E-state index in [2.05, 4.69) is 5.32 Å². The summed E-state index contributed by atoms with van der Waals surface area (Å²) in [6, 6.07) is 7.93. The van der Waals surface area contributed by atoms with Crippen LogP contribution in [0.3, 0.4) is 0 Å². The lowest BCUT2D eigenvalue weighted by Crippen LogP contribution is -2.12. The molecule has 1 aromatic carbocycles. The van der Waals surface area contributed by atoms with Gasteiger partial charge in [0, 0.05) is 0 Å². The predicted octanol–water partition coefficient (Wildman–Crippen LogP) is 2.72. The van der Waals surface area contributed by atoms with Gasteiger partial charge in [-0.25, -0.2) is 4.79 Å². The molecule has 1 amide bonds. The van der Waals surface area contributed by atoms with Crippen molar-refractivity contribution in [3.63, 3.8) is 0 Å². The molecule has 1 heterocycles. The van der Waals surface area contributed by atoms with Gasteiger partial charge in [0.15, 0.2) is 11.5 Å². The Morgan fingerprint density at radius 2 is 1.90 bits per heavy atom. The third kappa shape index (κ3) is 3.14. The molecule has 2 aromatic rings. The van der Waals surface area contributed by atoms with Crippen molar-refractivity contribution >= 4 is 28.2 Å². The number of carboxylic acid groups (broad SMARTS) is 1. The fourth-order valence-corrected chi connectivity index (χ4v) is 2.51. The summed E-state index contributed by atoms with van der Waals surface area (Å²) in [6.07, 6.45) is 0. The number of benzene rings is 1. The molecular weight excluding hydrogens is 294 g/mol. The molecule has 110 valence electrons. The number of ether oxygens (including phenoxy) is 2. The molecule has 0 bridgehead atoms. The molecule has 0 aliphatic carbocycles. The van der Waals surface area contributed by atoms with Crippen LogP contribution in [0.2, 0.25) is 0 Å². The summed E-state index contributed by atoms with van der Waals surface area (Å²) < 4.78 is 10.3. The molecule has 0 aliphatic rings. The fraction of sp³-hybridized carbons (Fsp3) is 0.143. The first kappa shape index (κ1) is 14.9. The highest BCUT2D eigenvalue weighted by atomic mass is 32.1. The van der Waals surface area contributed by atoms with E-state index in [0.717, 1.165) is 11.3 Å². The second-order valence-corrected chi connectivity index (χ2v) is 5.05. The van der Waals surface area contributed by atoms with Crippen LogP contribution in [0.4, 0.5) is 5.00 Å². The van der Waals surface area contributed by atoms with E-state index in [1.54, 1.807) is 24.3 Å². The number of carbonyl (C=O) groups excluding carboxylic acids is 1. The van der Waals surface area contributed by atoms with Gasteiger partial charge in [0.25, 0.3) is 5.91 Å². The Morgan fingerprint density at radius 1 is 1.14 bits per heavy atom. The van der Waals surface area contributed by atoms with E-state index >= 15 is 0 Å². The van der Waals surface area contributed by atoms with Crippen LogP contribution in [-0.4, -0.2) is 31.2 Å². The van der Waals surface area contributed by atoms with E-state index in [-0.39, 0.29) is 4.88 Å². The maximum absolute atomic E-state index is 12.3. The molecule has 0 atom stereocenters. The first-order valence-electron chi connectivity index (χ1n) is 5.92. The molecule has 7 heteroatoms. The lowest BCUT2D eigenvalue weighted by molar-refractivity contribution is 0.0702. The van der Waals surface area contributed by atoms with E-state index in [1.807, 2.05) is 0 Å². The van der Waals surface area contributed by atoms with Crippen molar-refractivity contribution in [2.75, 3.05) is 19.5 Å². The molecule has 0 spiro atoms. The molecule has 2 N–H and O–H groups in total. The average Bonchev–Trinajstić information content (AvgIpc) is 2.94. The van der Waals surface area contributed by atoms with Crippen molar-refractivity contribution in [1.82, 2.24) is 0 Å². The zero-order valence-corrected chi connectivity index (χ0v) is 12.2. The van der Waals surface area contributed by atoms with E-state index in [0.29, 0.717) is 22.1 Å². The number of anilines is 1. The van der Waals surface area contributed by atoms with Gasteiger partial charge in [0.2, 0.25) is 0 Å². The summed E-state index contributed by atoms with van der Waals surface area (Å²) in [4.78, 5) is 23.2. The monoisotopic (exact) mass is 307 g/mol. The largest absolute Gasteiger partial charge is 0.493 e. The highest BCUT2D eigenvalue weighted by Gasteiger charge is 2.17. The summed E-state index contributed by atoms with van der Waals surface area (Å²) in [6.45, 7) is 0. The Bertz CT molecular complexity index is 680. The number of carboxylic acids is 1. The Kier molecular flexibility index (Phi) is 4.44. The number of thiophene rings is 1. The average molecular weight is 307 g/mol. The van der Waals surface area contributed by atoms with Crippen molar-refractivity contribution < 1.29 is 24.2 Å². The first-order valence-corrected chi connectivity index (χ1v) is 6.74. The first-order chi connectivity index (χ1) is 10.1. The van der Waals surface area contributed by atoms with Gasteiger partial charge in [-0.1, -0.05) is 6.07 Å². The van der Waals surface area contributed by atoms with Gasteiger partial charge in [-0.15, -0.1) is 11.3 Å². The number of nitrogens with one attached hydrogen (secondary N) is 1. The van der Waals surface area contributed by atoms with Crippen molar-refractivity contribution in [2.24, 2.45) is 0 Å². The van der Waals surface area contributed by atoms with E-state index in [9.17, 15) is 9.59 Å². The van der Waals surface area contributed by atoms with Gasteiger partial charge in [0.1, 0.15) is 4.88 Å². The molecule has 0 saturated carbocycles. The third-order valence-electron chi connectivity index (χ3n) is 2.70. The molecule has 0 saturated heterocycles. The summed E-state index contributed by atoms with van der Waals surface area (Å²) in [7, 11) is 2.93. The van der Waals surface area contributed by atoms with Gasteiger partial charge >= 0.3 is 5.97 Å². The van der Waals surface area contributed by atoms with Crippen LogP contribution < -0.4 is 14.8 Å². The zero-order chi connectivity index (χ0) is 15.4. The number of carbonyl (C=O) groups is 2. The number of para-hydroxylation sites is 1. The number of amides is 1. The van der Waals surface area contributed by atoms with Crippen molar-refractivity contribution in [2.45, 2.75) is 0 Å². The van der Waals surface area contributed by atoms with Crippen molar-refractivity contribution in [1.29, 1.82) is 0 Å². The standard InChI is InChI=1S/C14H13NO5S/c1-19-9-5-3-4-8(12(9)20-2)13(16)15-11-7-6-10(21-11)14(17)18/h3-7H,1-2H3,(H,15,16)(H,17,18). The molecule has 0 fully saturated rings. The quantitative estimate of drug-likeness (QED) is 0.887. The molecule has 0 radical (unpaired) electrons. The maximum Gasteiger partial charge on any atom is 0.345 e. The second kappa shape index (κ2) is 6.27. The Labute approximate surface area is 124 Å². The number of hydrogen-bond acceptors (Lipinski definition) is 5. The van der Waals surface area contributed by atoms with E-state index in [1.165, 1.54) is 20.3 Å². The molecule has 0 unspecified atom stereocenters. The minimum absolute atomic E-state index is 0.155. The number of hydrogen-bond donors (Lipinski definition) is 2. The molecule has 0 aliphatic heterocycles. The van der Waals surface area contributed by atoms with Crippen LogP contribution in [0.5, 0.6) is 11.5 Å². The van der Waals surface area contributed by atoms with Crippen LogP contribution in [0.15, 0.2) is 30.3 Å². The normalized spacial score (nSPS) is 10.0. The van der Waals surface area contributed by atoms with Crippen LogP contribution >= 0.6 is 11.3 Å². The summed E-state index contributed by atoms with van der Waals surface area (Å²) in [5, 5.41) is 11.9. The van der Waals surface area contributed by atoms with Gasteiger partial charge in [0.05, 0.1) is 24.8 Å². The Hall–Kier alpha value is -2.54. The summed E-state index contributed by atoms with van der Waals surface area (Å²) >= 11 is 0.984. The predicted molar refractivity (Wildman–Crippen MR) is 78.8 cm³/mol. The minimum atomic E-state index is -1.03. The van der Waals surface area contributed by atoms with Crippen LogP contribution in [0.1, 0.15) is 20.0 Å². The van der Waals surface area contributed by atoms with Crippen LogP contribution in [-0.2, 0) is 0 Å².